The predicted molar refractivity (Wildman–Crippen MR) is 78.4 cm³/mol. The zero-order chi connectivity index (χ0) is 12.5. The van der Waals surface area contributed by atoms with E-state index in [1.807, 2.05) is 6.07 Å². The molecule has 1 aromatic rings. The Morgan fingerprint density at radius 3 is 2.78 bits per heavy atom. The predicted octanol–water partition coefficient (Wildman–Crippen LogP) is 3.18. The highest BCUT2D eigenvalue weighted by Gasteiger charge is 2.32. The van der Waals surface area contributed by atoms with Crippen LogP contribution >= 0.6 is 28.3 Å². The van der Waals surface area contributed by atoms with Gasteiger partial charge < -0.3 is 5.73 Å². The van der Waals surface area contributed by atoms with Crippen molar-refractivity contribution in [1.29, 1.82) is 0 Å². The molecule has 2 rings (SSSR count). The zero-order valence-corrected chi connectivity index (χ0v) is 12.9. The molecule has 1 aromatic carbocycles. The number of nitrogens with zero attached hydrogens (tertiary/aromatic N) is 1. The molecule has 1 saturated heterocycles. The van der Waals surface area contributed by atoms with Crippen molar-refractivity contribution in [2.24, 2.45) is 11.1 Å². The molecule has 1 atom stereocenters. The summed E-state index contributed by atoms with van der Waals surface area (Å²) in [5, 5.41) is 0. The SMILES string of the molecule is CC1(CN)CCN(Cc2ccc(F)cc2Br)C1.Cl. The second-order valence-electron chi connectivity index (χ2n) is 5.21. The van der Waals surface area contributed by atoms with Crippen LogP contribution in [-0.4, -0.2) is 24.5 Å². The lowest BCUT2D eigenvalue weighted by Crippen LogP contribution is -2.31. The Hall–Kier alpha value is -0.160. The smallest absolute Gasteiger partial charge is 0.124 e. The lowest BCUT2D eigenvalue weighted by molar-refractivity contribution is 0.274. The van der Waals surface area contributed by atoms with Gasteiger partial charge in [-0.25, -0.2) is 4.39 Å². The Labute approximate surface area is 122 Å². The van der Waals surface area contributed by atoms with Crippen molar-refractivity contribution in [2.45, 2.75) is 19.9 Å². The summed E-state index contributed by atoms with van der Waals surface area (Å²) in [7, 11) is 0. The van der Waals surface area contributed by atoms with Crippen LogP contribution in [0.15, 0.2) is 22.7 Å². The molecule has 1 aliphatic rings. The number of likely N-dealkylation sites (tertiary alicyclic amines) is 1. The van der Waals surface area contributed by atoms with Gasteiger partial charge in [-0.1, -0.05) is 28.9 Å². The lowest BCUT2D eigenvalue weighted by Gasteiger charge is -2.22. The first-order valence-electron chi connectivity index (χ1n) is 5.89. The number of benzene rings is 1. The number of halogens is 3. The summed E-state index contributed by atoms with van der Waals surface area (Å²) in [6.45, 7) is 5.90. The normalized spacial score (nSPS) is 24.0. The van der Waals surface area contributed by atoms with Crippen LogP contribution < -0.4 is 5.73 Å². The van der Waals surface area contributed by atoms with Crippen molar-refractivity contribution in [3.8, 4) is 0 Å². The van der Waals surface area contributed by atoms with Gasteiger partial charge in [-0.3, -0.25) is 4.90 Å². The summed E-state index contributed by atoms with van der Waals surface area (Å²) in [6.07, 6.45) is 1.14. The fourth-order valence-electron chi connectivity index (χ4n) is 2.32. The molecule has 1 heterocycles. The van der Waals surface area contributed by atoms with Gasteiger partial charge in [-0.2, -0.15) is 0 Å². The molecule has 2 nitrogen and oxygen atoms in total. The molecule has 1 unspecified atom stereocenters. The van der Waals surface area contributed by atoms with Gasteiger partial charge in [0.05, 0.1) is 0 Å². The van der Waals surface area contributed by atoms with Crippen LogP contribution in [0, 0.1) is 11.2 Å². The monoisotopic (exact) mass is 336 g/mol. The van der Waals surface area contributed by atoms with Crippen LogP contribution in [0.3, 0.4) is 0 Å². The van der Waals surface area contributed by atoms with Gasteiger partial charge in [0.2, 0.25) is 0 Å². The molecule has 102 valence electrons. The molecule has 0 bridgehead atoms. The Morgan fingerprint density at radius 1 is 1.50 bits per heavy atom. The summed E-state index contributed by atoms with van der Waals surface area (Å²) in [4.78, 5) is 2.38. The second kappa shape index (κ2) is 6.33. The van der Waals surface area contributed by atoms with Gasteiger partial charge in [-0.15, -0.1) is 12.4 Å². The van der Waals surface area contributed by atoms with E-state index in [9.17, 15) is 4.39 Å². The van der Waals surface area contributed by atoms with Gasteiger partial charge in [-0.05, 0) is 42.6 Å². The van der Waals surface area contributed by atoms with Crippen LogP contribution in [0.4, 0.5) is 4.39 Å². The summed E-state index contributed by atoms with van der Waals surface area (Å²) in [5.41, 5.74) is 7.16. The highest BCUT2D eigenvalue weighted by atomic mass is 79.9. The fourth-order valence-corrected chi connectivity index (χ4v) is 2.79. The lowest BCUT2D eigenvalue weighted by atomic mass is 9.90. The van der Waals surface area contributed by atoms with Crippen molar-refractivity contribution in [3.63, 3.8) is 0 Å². The van der Waals surface area contributed by atoms with Gasteiger partial charge in [0.1, 0.15) is 5.82 Å². The third kappa shape index (κ3) is 3.67. The Bertz CT molecular complexity index is 416. The molecule has 1 fully saturated rings. The Morgan fingerprint density at radius 2 is 2.22 bits per heavy atom. The minimum atomic E-state index is -0.200. The van der Waals surface area contributed by atoms with Gasteiger partial charge in [0, 0.05) is 17.6 Å². The van der Waals surface area contributed by atoms with Crippen LogP contribution in [0.2, 0.25) is 0 Å². The van der Waals surface area contributed by atoms with E-state index in [2.05, 4.69) is 27.8 Å². The van der Waals surface area contributed by atoms with E-state index in [4.69, 9.17) is 5.73 Å². The maximum Gasteiger partial charge on any atom is 0.124 e. The molecule has 0 aliphatic carbocycles. The standard InChI is InChI=1S/C13H18BrFN2.ClH/c1-13(8-16)4-5-17(9-13)7-10-2-3-11(15)6-12(10)14;/h2-3,6H,4-5,7-9,16H2,1H3;1H. The average molecular weight is 338 g/mol. The van der Waals surface area contributed by atoms with E-state index < -0.39 is 0 Å². The quantitative estimate of drug-likeness (QED) is 0.918. The van der Waals surface area contributed by atoms with Crippen molar-refractivity contribution < 1.29 is 4.39 Å². The Kier molecular flexibility index (Phi) is 5.59. The van der Waals surface area contributed by atoms with E-state index in [0.29, 0.717) is 0 Å². The maximum absolute atomic E-state index is 13.0. The third-order valence-electron chi connectivity index (χ3n) is 3.54. The van der Waals surface area contributed by atoms with E-state index in [0.717, 1.165) is 42.6 Å². The summed E-state index contributed by atoms with van der Waals surface area (Å²) in [5.74, 6) is -0.200. The van der Waals surface area contributed by atoms with Gasteiger partial charge >= 0.3 is 0 Å². The molecular formula is C13H19BrClFN2. The first-order valence-corrected chi connectivity index (χ1v) is 6.68. The number of hydrogen-bond acceptors (Lipinski definition) is 2. The molecule has 0 aromatic heterocycles. The first-order chi connectivity index (χ1) is 8.02. The molecule has 0 spiro atoms. The van der Waals surface area contributed by atoms with E-state index >= 15 is 0 Å². The molecular weight excluding hydrogens is 319 g/mol. The topological polar surface area (TPSA) is 29.3 Å². The number of rotatable bonds is 3. The van der Waals surface area contributed by atoms with E-state index in [-0.39, 0.29) is 23.6 Å². The summed E-state index contributed by atoms with van der Waals surface area (Å²) < 4.78 is 13.8. The minimum absolute atomic E-state index is 0. The van der Waals surface area contributed by atoms with Gasteiger partial charge in [0.15, 0.2) is 0 Å². The van der Waals surface area contributed by atoms with E-state index in [1.54, 1.807) is 0 Å². The third-order valence-corrected chi connectivity index (χ3v) is 4.28. The van der Waals surface area contributed by atoms with Gasteiger partial charge in [0.25, 0.3) is 0 Å². The van der Waals surface area contributed by atoms with Crippen LogP contribution in [0.25, 0.3) is 0 Å². The second-order valence-corrected chi connectivity index (χ2v) is 6.07. The van der Waals surface area contributed by atoms with Crippen molar-refractivity contribution in [2.75, 3.05) is 19.6 Å². The molecule has 18 heavy (non-hydrogen) atoms. The van der Waals surface area contributed by atoms with Crippen molar-refractivity contribution in [1.82, 2.24) is 4.90 Å². The molecule has 0 saturated carbocycles. The molecule has 0 radical (unpaired) electrons. The fraction of sp³-hybridized carbons (Fsp3) is 0.538. The molecule has 5 heteroatoms. The highest BCUT2D eigenvalue weighted by Crippen LogP contribution is 2.30. The van der Waals surface area contributed by atoms with E-state index in [1.165, 1.54) is 12.1 Å². The average Bonchev–Trinajstić information content (AvgIpc) is 2.66. The van der Waals surface area contributed by atoms with Crippen LogP contribution in [-0.2, 0) is 6.54 Å². The van der Waals surface area contributed by atoms with Crippen LogP contribution in [0.5, 0.6) is 0 Å². The van der Waals surface area contributed by atoms with Crippen molar-refractivity contribution >= 4 is 28.3 Å². The number of hydrogen-bond donors (Lipinski definition) is 1. The summed E-state index contributed by atoms with van der Waals surface area (Å²) >= 11 is 3.41. The highest BCUT2D eigenvalue weighted by molar-refractivity contribution is 9.10. The summed E-state index contributed by atoms with van der Waals surface area (Å²) in [6, 6.07) is 4.88. The molecule has 0 amide bonds. The van der Waals surface area contributed by atoms with Crippen LogP contribution in [0.1, 0.15) is 18.9 Å². The molecule has 2 N–H and O–H groups in total. The number of nitrogens with two attached hydrogens (primary N) is 1. The zero-order valence-electron chi connectivity index (χ0n) is 10.5. The van der Waals surface area contributed by atoms with Crippen molar-refractivity contribution in [3.05, 3.63) is 34.1 Å². The largest absolute Gasteiger partial charge is 0.330 e. The maximum atomic E-state index is 13.0. The molecule has 1 aliphatic heterocycles. The first kappa shape index (κ1) is 15.9. The minimum Gasteiger partial charge on any atom is -0.330 e. The Balaban J connectivity index is 0.00000162.